The van der Waals surface area contributed by atoms with Crippen molar-refractivity contribution in [1.82, 2.24) is 28.9 Å². The zero-order valence-corrected chi connectivity index (χ0v) is 50.5. The minimum absolute atomic E-state index is 0.117. The van der Waals surface area contributed by atoms with Gasteiger partial charge in [0.05, 0.1) is 80.2 Å². The fourth-order valence-electron chi connectivity index (χ4n) is 10.5. The molecule has 0 saturated carbocycles. The highest BCUT2D eigenvalue weighted by molar-refractivity contribution is 7.12. The van der Waals surface area contributed by atoms with Crippen molar-refractivity contribution in [1.29, 1.82) is 10.5 Å². The maximum absolute atomic E-state index is 12.8. The summed E-state index contributed by atoms with van der Waals surface area (Å²) in [6.07, 6.45) is 7.56. The first kappa shape index (κ1) is 58.1. The second kappa shape index (κ2) is 27.8. The van der Waals surface area contributed by atoms with Crippen LogP contribution in [-0.2, 0) is 39.3 Å². The highest BCUT2D eigenvalue weighted by Crippen LogP contribution is 2.30. The van der Waals surface area contributed by atoms with Crippen molar-refractivity contribution in [2.24, 2.45) is 0 Å². The molecule has 0 bridgehead atoms. The van der Waals surface area contributed by atoms with E-state index in [0.29, 0.717) is 60.4 Å². The first-order valence-corrected chi connectivity index (χ1v) is 31.4. The van der Waals surface area contributed by atoms with E-state index in [1.54, 1.807) is 11.3 Å². The monoisotopic (exact) mass is 1220 g/mol. The summed E-state index contributed by atoms with van der Waals surface area (Å²) in [5.74, 6) is 0.254. The number of piperazine rings is 2. The largest absolute Gasteiger partial charge is 0.368 e. The second-order valence-corrected chi connectivity index (χ2v) is 24.3. The maximum atomic E-state index is 12.8. The predicted octanol–water partition coefficient (Wildman–Crippen LogP) is 13.4. The van der Waals surface area contributed by atoms with Crippen molar-refractivity contribution in [3.63, 3.8) is 0 Å². The van der Waals surface area contributed by atoms with Crippen LogP contribution in [0.1, 0.15) is 64.1 Å². The van der Waals surface area contributed by atoms with Crippen LogP contribution in [0.15, 0.2) is 192 Å². The van der Waals surface area contributed by atoms with Gasteiger partial charge in [0.2, 0.25) is 0 Å². The van der Waals surface area contributed by atoms with Crippen LogP contribution in [0.4, 0.5) is 22.7 Å². The fourth-order valence-corrected chi connectivity index (χ4v) is 12.9. The molecule has 2 saturated heterocycles. The van der Waals surface area contributed by atoms with E-state index in [9.17, 15) is 9.59 Å². The number of imidazole rings is 2. The van der Waals surface area contributed by atoms with Gasteiger partial charge in [-0.2, -0.15) is 21.9 Å². The van der Waals surface area contributed by atoms with Crippen LogP contribution in [0.25, 0.3) is 0 Å². The van der Waals surface area contributed by atoms with Gasteiger partial charge in [0.1, 0.15) is 0 Å². The van der Waals surface area contributed by atoms with Gasteiger partial charge in [-0.3, -0.25) is 9.59 Å². The minimum atomic E-state index is 0.117. The van der Waals surface area contributed by atoms with Gasteiger partial charge in [0.15, 0.2) is 0 Å². The van der Waals surface area contributed by atoms with Gasteiger partial charge < -0.3 is 38.5 Å². The summed E-state index contributed by atoms with van der Waals surface area (Å²) in [5.41, 5.74) is 12.6. The highest BCUT2D eigenvalue weighted by Gasteiger charge is 2.25. The lowest BCUT2D eigenvalue weighted by Crippen LogP contribution is -2.48. The molecule has 0 unspecified atom stereocenters. The summed E-state index contributed by atoms with van der Waals surface area (Å²) in [4.78, 5) is 49.3. The maximum Gasteiger partial charge on any atom is 0.264 e. The summed E-state index contributed by atoms with van der Waals surface area (Å²) >= 11 is 17.3. The van der Waals surface area contributed by atoms with E-state index < -0.39 is 0 Å². The van der Waals surface area contributed by atoms with Crippen LogP contribution >= 0.6 is 57.2 Å². The number of hydrogen-bond donors (Lipinski definition) is 0. The van der Waals surface area contributed by atoms with Crippen molar-refractivity contribution >= 4 is 91.8 Å². The first-order valence-electron chi connectivity index (χ1n) is 27.9. The Bertz CT molecular complexity index is 3860. The molecule has 2 amide bonds. The van der Waals surface area contributed by atoms with Crippen molar-refractivity contribution in [3.8, 4) is 12.1 Å². The third kappa shape index (κ3) is 14.8. The first-order chi connectivity index (χ1) is 41.6. The molecule has 19 heteroatoms. The van der Waals surface area contributed by atoms with Crippen molar-refractivity contribution < 1.29 is 9.59 Å². The molecule has 5 aromatic heterocycles. The number of halogens is 2. The molecular weight excluding hydrogens is 1160 g/mol. The SMILES string of the molecule is N#Cc1ccc(Cn2cncc2CN(Cc2ccc(Cl)c(Cl)c2)c2ccc(N3CCN(C(=O)c4cccs4)CC3)cc2)cc1.N#Cc1ccc(Cn2cncc2CN(Cc2ccsc2)c2ccc(N3CCN(C(=O)c4cccs4)CC3)cc2)cc1. The molecule has 2 aliphatic rings. The van der Waals surface area contributed by atoms with Crippen molar-refractivity contribution in [2.75, 3.05) is 72.0 Å². The van der Waals surface area contributed by atoms with Gasteiger partial charge in [-0.1, -0.05) is 65.7 Å². The summed E-state index contributed by atoms with van der Waals surface area (Å²) in [6, 6.07) is 52.7. The average Bonchev–Trinajstić information content (AvgIpc) is 4.65. The minimum Gasteiger partial charge on any atom is -0.368 e. The van der Waals surface area contributed by atoms with Crippen molar-refractivity contribution in [3.05, 3.63) is 257 Å². The number of benzene rings is 5. The Kier molecular flexibility index (Phi) is 19.0. The second-order valence-electron chi connectivity index (χ2n) is 20.8. The van der Waals surface area contributed by atoms with Gasteiger partial charge in [-0.25, -0.2) is 9.97 Å². The van der Waals surface area contributed by atoms with Crippen LogP contribution in [0.5, 0.6) is 0 Å². The Morgan fingerprint density at radius 2 is 0.941 bits per heavy atom. The Hall–Kier alpha value is -8.68. The predicted molar refractivity (Wildman–Crippen MR) is 343 cm³/mol. The molecule has 0 spiro atoms. The third-order valence-corrected chi connectivity index (χ3v) is 18.4. The zero-order valence-electron chi connectivity index (χ0n) is 46.5. The lowest BCUT2D eigenvalue weighted by molar-refractivity contribution is 0.0744. The van der Waals surface area contributed by atoms with Crippen LogP contribution in [0.2, 0.25) is 10.0 Å². The Morgan fingerprint density at radius 3 is 1.34 bits per heavy atom. The smallest absolute Gasteiger partial charge is 0.264 e. The molecule has 5 aromatic carbocycles. The topological polar surface area (TPSA) is 137 Å². The van der Waals surface area contributed by atoms with E-state index in [1.807, 2.05) is 137 Å². The van der Waals surface area contributed by atoms with Gasteiger partial charge in [0.25, 0.3) is 11.8 Å². The van der Waals surface area contributed by atoms with Crippen LogP contribution < -0.4 is 19.6 Å². The number of carbonyl (C=O) groups excluding carboxylic acids is 2. The van der Waals surface area contributed by atoms with Crippen LogP contribution in [0.3, 0.4) is 0 Å². The molecule has 85 heavy (non-hydrogen) atoms. The number of carbonyl (C=O) groups is 2. The number of nitrogens with zero attached hydrogens (tertiary/aromatic N) is 12. The molecule has 428 valence electrons. The number of hydrogen-bond acceptors (Lipinski definition) is 13. The van der Waals surface area contributed by atoms with Gasteiger partial charge in [-0.15, -0.1) is 22.7 Å². The number of aromatic nitrogens is 4. The number of nitriles is 2. The van der Waals surface area contributed by atoms with Gasteiger partial charge in [-0.05, 0) is 147 Å². The lowest BCUT2D eigenvalue weighted by Gasteiger charge is -2.36. The Balaban J connectivity index is 0.000000177. The Morgan fingerprint density at radius 1 is 0.494 bits per heavy atom. The molecule has 10 aromatic rings. The summed E-state index contributed by atoms with van der Waals surface area (Å²) < 4.78 is 4.31. The number of thiophene rings is 3. The normalized spacial score (nSPS) is 13.2. The van der Waals surface area contributed by atoms with E-state index >= 15 is 0 Å². The van der Waals surface area contributed by atoms with E-state index in [-0.39, 0.29) is 11.8 Å². The summed E-state index contributed by atoms with van der Waals surface area (Å²) in [7, 11) is 0. The van der Waals surface area contributed by atoms with E-state index in [2.05, 4.69) is 116 Å². The van der Waals surface area contributed by atoms with Crippen LogP contribution in [-0.4, -0.2) is 93.1 Å². The molecule has 0 aliphatic carbocycles. The molecule has 0 radical (unpaired) electrons. The molecule has 7 heterocycles. The van der Waals surface area contributed by atoms with E-state index in [0.717, 1.165) is 107 Å². The molecule has 0 N–H and O–H groups in total. The van der Waals surface area contributed by atoms with Gasteiger partial charge >= 0.3 is 0 Å². The number of anilines is 4. The van der Waals surface area contributed by atoms with Crippen LogP contribution in [0, 0.1) is 22.7 Å². The van der Waals surface area contributed by atoms with E-state index in [4.69, 9.17) is 33.7 Å². The molecule has 14 nitrogen and oxygen atoms in total. The Labute approximate surface area is 517 Å². The molecule has 2 aliphatic heterocycles. The average molecular weight is 1220 g/mol. The summed E-state index contributed by atoms with van der Waals surface area (Å²) in [6.45, 7) is 10.2. The highest BCUT2D eigenvalue weighted by atomic mass is 35.5. The molecule has 2 fully saturated rings. The molecule has 12 rings (SSSR count). The number of rotatable bonds is 18. The quantitative estimate of drug-likeness (QED) is 0.0816. The van der Waals surface area contributed by atoms with Gasteiger partial charge in [0, 0.05) is 114 Å². The lowest BCUT2D eigenvalue weighted by atomic mass is 10.1. The molecular formula is C66H60Cl2N12O2S3. The number of amides is 2. The third-order valence-electron chi connectivity index (χ3n) is 15.2. The zero-order chi connectivity index (χ0) is 58.5. The van der Waals surface area contributed by atoms with Crippen molar-refractivity contribution in [2.45, 2.75) is 39.3 Å². The fraction of sp³-hybridized carbons (Fsp3) is 0.212. The molecule has 0 atom stereocenters. The summed E-state index contributed by atoms with van der Waals surface area (Å²) in [5, 5.41) is 27.5. The standard InChI is InChI=1S/C34H30Cl2N6OS.C32H30N6OS2/c35-31-12-7-27(18-32(31)36)22-41(23-30-20-38-24-42(30)21-26-5-3-25(19-37)4-6-26)29-10-8-28(9-11-29)39-13-15-40(16-14-39)34(43)33-2-1-17-44-33;33-18-25-3-5-26(6-4-25)20-38-24-34-19-30(38)22-37(21-27-11-17-40-23-27)29-9-7-28(8-10-29)35-12-14-36(15-13-35)32(39)31-2-1-16-41-31/h1-12,17-18,20,24H,13-16,21-23H2;1-11,16-17,19,23-24H,12-15,20-22H2. The van der Waals surface area contributed by atoms with E-state index in [1.165, 1.54) is 33.9 Å².